The van der Waals surface area contributed by atoms with Crippen molar-refractivity contribution >= 4 is 68.2 Å². The van der Waals surface area contributed by atoms with E-state index in [1.165, 1.54) is 34.7 Å². The Morgan fingerprint density at radius 2 is 1.92 bits per heavy atom. The molecule has 10 heteroatoms. The molecule has 0 radical (unpaired) electrons. The molecular weight excluding hydrogens is 506 g/mol. The second-order valence-electron chi connectivity index (χ2n) is 8.90. The standard InChI is InChI=1S/C27H27N5O3S2/c1-17(2)19-6-8-20(9-7-19)29-26(33)16-36-27-30-22-11-10-21(14-25(22)37-27)28-15-18-5-12-23(31(3)4)24(13-18)32(34)35/h5-15,17H,16H2,1-4H3,(H,29,33). The SMILES string of the molecule is CC(C)c1ccc(NC(=O)CSc2nc3ccc(N=Cc4ccc(N(C)C)c([N+](=O)[O-])c4)cc3s2)cc1. The second-order valence-corrected chi connectivity index (χ2v) is 11.2. The average Bonchev–Trinajstić information content (AvgIpc) is 3.28. The largest absolute Gasteiger partial charge is 0.372 e. The van der Waals surface area contributed by atoms with Crippen molar-refractivity contribution in [2.75, 3.05) is 30.1 Å². The van der Waals surface area contributed by atoms with Crippen molar-refractivity contribution in [1.29, 1.82) is 0 Å². The van der Waals surface area contributed by atoms with Gasteiger partial charge in [-0.3, -0.25) is 19.9 Å². The molecule has 0 atom stereocenters. The molecule has 1 amide bonds. The first-order valence-corrected chi connectivity index (χ1v) is 13.4. The van der Waals surface area contributed by atoms with Gasteiger partial charge in [0.15, 0.2) is 4.34 Å². The van der Waals surface area contributed by atoms with Crippen LogP contribution in [0, 0.1) is 10.1 Å². The Morgan fingerprint density at radius 3 is 2.59 bits per heavy atom. The summed E-state index contributed by atoms with van der Waals surface area (Å²) in [6.45, 7) is 4.27. The number of carbonyl (C=O) groups excluding carboxylic acids is 1. The number of thioether (sulfide) groups is 1. The summed E-state index contributed by atoms with van der Waals surface area (Å²) in [6.07, 6.45) is 1.61. The zero-order valence-electron chi connectivity index (χ0n) is 21.0. The Balaban J connectivity index is 1.40. The minimum atomic E-state index is -0.391. The predicted octanol–water partition coefficient (Wildman–Crippen LogP) is 6.88. The first-order chi connectivity index (χ1) is 17.7. The predicted molar refractivity (Wildman–Crippen MR) is 154 cm³/mol. The van der Waals surface area contributed by atoms with Crippen LogP contribution in [-0.4, -0.2) is 41.9 Å². The molecule has 1 aromatic heterocycles. The van der Waals surface area contributed by atoms with E-state index in [0.717, 1.165) is 25.9 Å². The van der Waals surface area contributed by atoms with Crippen molar-refractivity contribution in [2.45, 2.75) is 24.1 Å². The lowest BCUT2D eigenvalue weighted by Gasteiger charge is -2.12. The van der Waals surface area contributed by atoms with Gasteiger partial charge in [0.25, 0.3) is 5.69 Å². The topological polar surface area (TPSA) is 101 Å². The Morgan fingerprint density at radius 1 is 1.16 bits per heavy atom. The normalized spacial score (nSPS) is 11.4. The van der Waals surface area contributed by atoms with Crippen LogP contribution in [0.25, 0.3) is 10.2 Å². The van der Waals surface area contributed by atoms with Crippen LogP contribution in [0.1, 0.15) is 30.9 Å². The fourth-order valence-electron chi connectivity index (χ4n) is 3.60. The lowest BCUT2D eigenvalue weighted by molar-refractivity contribution is -0.384. The van der Waals surface area contributed by atoms with E-state index in [9.17, 15) is 14.9 Å². The van der Waals surface area contributed by atoms with Gasteiger partial charge in [0.2, 0.25) is 5.91 Å². The van der Waals surface area contributed by atoms with Crippen LogP contribution in [0.15, 0.2) is 70.0 Å². The molecule has 8 nitrogen and oxygen atoms in total. The van der Waals surface area contributed by atoms with Gasteiger partial charge in [0.1, 0.15) is 5.69 Å². The highest BCUT2D eigenvalue weighted by Crippen LogP contribution is 2.32. The number of aliphatic imine (C=N–C) groups is 1. The van der Waals surface area contributed by atoms with Gasteiger partial charge in [-0.2, -0.15) is 0 Å². The molecule has 0 saturated carbocycles. The first kappa shape index (κ1) is 26.3. The minimum absolute atomic E-state index is 0.0325. The third kappa shape index (κ3) is 6.72. The van der Waals surface area contributed by atoms with Gasteiger partial charge in [0.05, 0.1) is 26.6 Å². The summed E-state index contributed by atoms with van der Waals surface area (Å²) in [4.78, 5) is 34.2. The fourth-order valence-corrected chi connectivity index (χ4v) is 5.51. The zero-order chi connectivity index (χ0) is 26.5. The molecule has 1 N–H and O–H groups in total. The molecule has 0 fully saturated rings. The van der Waals surface area contributed by atoms with Crippen molar-refractivity contribution in [3.8, 4) is 0 Å². The molecule has 0 aliphatic heterocycles. The van der Waals surface area contributed by atoms with E-state index in [1.54, 1.807) is 37.3 Å². The van der Waals surface area contributed by atoms with Gasteiger partial charge in [-0.05, 0) is 53.4 Å². The lowest BCUT2D eigenvalue weighted by Crippen LogP contribution is -2.13. The number of thiazole rings is 1. The number of hydrogen-bond acceptors (Lipinski definition) is 8. The number of nitro groups is 1. The van der Waals surface area contributed by atoms with E-state index in [-0.39, 0.29) is 17.3 Å². The summed E-state index contributed by atoms with van der Waals surface area (Å²) in [5, 5.41) is 14.4. The van der Waals surface area contributed by atoms with Crippen molar-refractivity contribution in [2.24, 2.45) is 4.99 Å². The third-order valence-corrected chi connectivity index (χ3v) is 7.74. The number of nitro benzene ring substituents is 1. The van der Waals surface area contributed by atoms with Crippen LogP contribution < -0.4 is 10.2 Å². The van der Waals surface area contributed by atoms with Gasteiger partial charge < -0.3 is 10.2 Å². The van der Waals surface area contributed by atoms with Crippen molar-refractivity contribution < 1.29 is 9.72 Å². The van der Waals surface area contributed by atoms with Crippen LogP contribution in [-0.2, 0) is 4.79 Å². The minimum Gasteiger partial charge on any atom is -0.372 e. The summed E-state index contributed by atoms with van der Waals surface area (Å²) in [6, 6.07) is 18.6. The molecule has 4 aromatic rings. The van der Waals surface area contributed by atoms with E-state index in [2.05, 4.69) is 29.1 Å². The molecule has 0 aliphatic rings. The van der Waals surface area contributed by atoms with Crippen molar-refractivity contribution in [1.82, 2.24) is 4.98 Å². The number of amides is 1. The van der Waals surface area contributed by atoms with Gasteiger partial charge in [-0.25, -0.2) is 4.98 Å². The molecule has 0 spiro atoms. The average molecular weight is 534 g/mol. The highest BCUT2D eigenvalue weighted by Gasteiger charge is 2.15. The maximum absolute atomic E-state index is 12.4. The lowest BCUT2D eigenvalue weighted by atomic mass is 10.0. The highest BCUT2D eigenvalue weighted by atomic mass is 32.2. The number of aromatic nitrogens is 1. The number of hydrogen-bond donors (Lipinski definition) is 1. The molecule has 0 unspecified atom stereocenters. The molecule has 3 aromatic carbocycles. The molecular formula is C27H27N5O3S2. The van der Waals surface area contributed by atoms with Crippen molar-refractivity contribution in [3.63, 3.8) is 0 Å². The molecule has 190 valence electrons. The van der Waals surface area contributed by atoms with Crippen LogP contribution in [0.5, 0.6) is 0 Å². The summed E-state index contributed by atoms with van der Waals surface area (Å²) < 4.78 is 1.76. The maximum atomic E-state index is 12.4. The van der Waals surface area contributed by atoms with Crippen LogP contribution in [0.3, 0.4) is 0 Å². The van der Waals surface area contributed by atoms with Gasteiger partial charge in [-0.1, -0.05) is 43.8 Å². The Hall–Kier alpha value is -3.76. The van der Waals surface area contributed by atoms with Gasteiger partial charge >= 0.3 is 0 Å². The Labute approximate surface area is 223 Å². The van der Waals surface area contributed by atoms with Crippen molar-refractivity contribution in [3.05, 3.63) is 81.9 Å². The number of nitrogens with zero attached hydrogens (tertiary/aromatic N) is 4. The van der Waals surface area contributed by atoms with E-state index in [0.29, 0.717) is 17.2 Å². The summed E-state index contributed by atoms with van der Waals surface area (Å²) in [5.41, 5.74) is 4.78. The van der Waals surface area contributed by atoms with E-state index < -0.39 is 4.92 Å². The third-order valence-electron chi connectivity index (χ3n) is 5.58. The highest BCUT2D eigenvalue weighted by molar-refractivity contribution is 8.01. The van der Waals surface area contributed by atoms with Crippen LogP contribution >= 0.6 is 23.1 Å². The molecule has 1 heterocycles. The number of fused-ring (bicyclic) bond motifs is 1. The number of carbonyl (C=O) groups is 1. The maximum Gasteiger partial charge on any atom is 0.293 e. The molecule has 0 bridgehead atoms. The van der Waals surface area contributed by atoms with Crippen LogP contribution in [0.2, 0.25) is 0 Å². The Kier molecular flexibility index (Phi) is 8.20. The summed E-state index contributed by atoms with van der Waals surface area (Å²) in [5.74, 6) is 0.626. The number of benzene rings is 3. The summed E-state index contributed by atoms with van der Waals surface area (Å²) in [7, 11) is 3.54. The molecule has 4 rings (SSSR count). The van der Waals surface area contributed by atoms with Gasteiger partial charge in [0, 0.05) is 32.1 Å². The second kappa shape index (κ2) is 11.5. The molecule has 0 aliphatic carbocycles. The first-order valence-electron chi connectivity index (χ1n) is 11.6. The number of rotatable bonds is 9. The monoisotopic (exact) mass is 533 g/mol. The fraction of sp³-hybridized carbons (Fsp3) is 0.222. The van der Waals surface area contributed by atoms with E-state index in [4.69, 9.17) is 0 Å². The van der Waals surface area contributed by atoms with E-state index >= 15 is 0 Å². The zero-order valence-corrected chi connectivity index (χ0v) is 22.6. The summed E-state index contributed by atoms with van der Waals surface area (Å²) >= 11 is 2.90. The van der Waals surface area contributed by atoms with Gasteiger partial charge in [-0.15, -0.1) is 11.3 Å². The van der Waals surface area contributed by atoms with E-state index in [1.807, 2.05) is 42.5 Å². The van der Waals surface area contributed by atoms with Crippen LogP contribution in [0.4, 0.5) is 22.7 Å². The quantitative estimate of drug-likeness (QED) is 0.109. The number of nitrogens with one attached hydrogen (secondary N) is 1. The Bertz CT molecular complexity index is 1460. The number of anilines is 2. The smallest absolute Gasteiger partial charge is 0.293 e. The molecule has 37 heavy (non-hydrogen) atoms. The molecule has 0 saturated heterocycles.